The molecule has 3 aromatic carbocycles. The minimum absolute atomic E-state index is 0.0202. The third-order valence-electron chi connectivity index (χ3n) is 6.61. The van der Waals surface area contributed by atoms with Crippen LogP contribution in [0.3, 0.4) is 0 Å². The summed E-state index contributed by atoms with van der Waals surface area (Å²) in [7, 11) is 0. The molecule has 0 spiro atoms. The van der Waals surface area contributed by atoms with Crippen molar-refractivity contribution in [1.29, 1.82) is 0 Å². The van der Waals surface area contributed by atoms with Crippen LogP contribution in [0.4, 0.5) is 14.4 Å². The zero-order valence-corrected chi connectivity index (χ0v) is 23.0. The van der Waals surface area contributed by atoms with Gasteiger partial charge in [-0.15, -0.1) is 0 Å². The van der Waals surface area contributed by atoms with Gasteiger partial charge in [-0.05, 0) is 22.6 Å². The third-order valence-corrected chi connectivity index (χ3v) is 6.61. The van der Waals surface area contributed by atoms with Gasteiger partial charge in [-0.1, -0.05) is 105 Å². The van der Waals surface area contributed by atoms with E-state index in [0.717, 1.165) is 15.5 Å². The highest BCUT2D eigenvalue weighted by molar-refractivity contribution is 5.98. The predicted octanol–water partition coefficient (Wildman–Crippen LogP) is 5.08. The molecule has 1 aliphatic rings. The molecule has 0 radical (unpaired) electrons. The first kappa shape index (κ1) is 29.1. The fourth-order valence-electron chi connectivity index (χ4n) is 4.36. The molecule has 1 fully saturated rings. The maximum Gasteiger partial charge on any atom is 0.429 e. The Morgan fingerprint density at radius 1 is 0.854 bits per heavy atom. The molecule has 1 aliphatic heterocycles. The molecule has 0 saturated carbocycles. The second-order valence-corrected chi connectivity index (χ2v) is 9.89. The van der Waals surface area contributed by atoms with Crippen LogP contribution in [-0.2, 0) is 38.6 Å². The normalized spacial score (nSPS) is 15.1. The summed E-state index contributed by atoms with van der Waals surface area (Å²) in [6.07, 6.45) is -2.79. The number of nitrogens with zero attached hydrogens (tertiary/aromatic N) is 2. The van der Waals surface area contributed by atoms with Gasteiger partial charge in [0.1, 0.15) is 25.9 Å². The smallest absolute Gasteiger partial charge is 0.429 e. The lowest BCUT2D eigenvalue weighted by atomic mass is 10.0. The van der Waals surface area contributed by atoms with Gasteiger partial charge in [-0.3, -0.25) is 4.79 Å². The number of hydrazine groups is 1. The maximum atomic E-state index is 14.0. The van der Waals surface area contributed by atoms with Crippen molar-refractivity contribution >= 4 is 24.2 Å². The van der Waals surface area contributed by atoms with E-state index in [-0.39, 0.29) is 32.2 Å². The third kappa shape index (κ3) is 7.84. The number of carbonyl (C=O) groups excluding carboxylic acids is 4. The number of rotatable bonds is 9. The van der Waals surface area contributed by atoms with Crippen LogP contribution in [0, 0.1) is 5.92 Å². The van der Waals surface area contributed by atoms with Gasteiger partial charge in [0.05, 0.1) is 6.04 Å². The molecule has 41 heavy (non-hydrogen) atoms. The van der Waals surface area contributed by atoms with Gasteiger partial charge in [0, 0.05) is 6.42 Å². The summed E-state index contributed by atoms with van der Waals surface area (Å²) in [5.74, 6) is -0.819. The highest BCUT2D eigenvalue weighted by atomic mass is 16.6. The lowest BCUT2D eigenvalue weighted by Crippen LogP contribution is -2.60. The van der Waals surface area contributed by atoms with E-state index in [1.165, 1.54) is 0 Å². The summed E-state index contributed by atoms with van der Waals surface area (Å²) in [5.41, 5.74) is 4.54. The summed E-state index contributed by atoms with van der Waals surface area (Å²) < 4.78 is 16.1. The molecule has 0 bridgehead atoms. The van der Waals surface area contributed by atoms with Crippen LogP contribution in [0.2, 0.25) is 0 Å². The number of hydrogen-bond acceptors (Lipinski definition) is 7. The van der Waals surface area contributed by atoms with E-state index in [0.29, 0.717) is 11.1 Å². The quantitative estimate of drug-likeness (QED) is 0.287. The first-order chi connectivity index (χ1) is 19.8. The van der Waals surface area contributed by atoms with E-state index in [4.69, 9.17) is 14.2 Å². The van der Waals surface area contributed by atoms with Crippen molar-refractivity contribution in [3.63, 3.8) is 0 Å². The Morgan fingerprint density at radius 3 is 1.90 bits per heavy atom. The van der Waals surface area contributed by atoms with Crippen LogP contribution in [0.25, 0.3) is 0 Å². The summed E-state index contributed by atoms with van der Waals surface area (Å²) >= 11 is 0. The predicted molar refractivity (Wildman–Crippen MR) is 149 cm³/mol. The first-order valence-corrected chi connectivity index (χ1v) is 13.3. The number of imide groups is 1. The minimum atomic E-state index is -1.35. The number of hydrogen-bond donors (Lipinski definition) is 1. The Kier molecular flexibility index (Phi) is 9.93. The second-order valence-electron chi connectivity index (χ2n) is 9.89. The molecule has 1 heterocycles. The highest BCUT2D eigenvalue weighted by Gasteiger charge is 2.45. The van der Waals surface area contributed by atoms with E-state index in [2.05, 4.69) is 5.43 Å². The van der Waals surface area contributed by atoms with E-state index < -0.39 is 36.3 Å². The maximum absolute atomic E-state index is 14.0. The molecule has 0 unspecified atom stereocenters. The zero-order chi connectivity index (χ0) is 29.2. The van der Waals surface area contributed by atoms with Gasteiger partial charge >= 0.3 is 18.3 Å². The molecule has 4 amide bonds. The van der Waals surface area contributed by atoms with Crippen molar-refractivity contribution in [1.82, 2.24) is 15.3 Å². The van der Waals surface area contributed by atoms with E-state index in [1.807, 2.05) is 32.0 Å². The van der Waals surface area contributed by atoms with Crippen LogP contribution in [0.1, 0.15) is 30.5 Å². The zero-order valence-electron chi connectivity index (χ0n) is 23.0. The van der Waals surface area contributed by atoms with Crippen LogP contribution in [-0.4, -0.2) is 52.8 Å². The standard InChI is InChI=1S/C31H33N3O7/c1-22(2)27-21-41-30(37)33(27)28(35)26(18-23-12-6-3-7-13-23)34(31(38)40-20-25-16-10-5-11-17-25)32-29(36)39-19-24-14-8-4-9-15-24/h3-17,22,26-27H,18-21H2,1-2H3,(H,32,36)/t26-,27-/m1/s1. The van der Waals surface area contributed by atoms with Crippen LogP contribution >= 0.6 is 0 Å². The Bertz CT molecular complexity index is 1320. The van der Waals surface area contributed by atoms with Crippen LogP contribution < -0.4 is 5.43 Å². The Hall–Kier alpha value is -4.86. The fourth-order valence-corrected chi connectivity index (χ4v) is 4.36. The number of amides is 4. The second kappa shape index (κ2) is 14.0. The van der Waals surface area contributed by atoms with Crippen molar-refractivity contribution < 1.29 is 33.4 Å². The van der Waals surface area contributed by atoms with E-state index in [1.54, 1.807) is 72.8 Å². The molecule has 2 atom stereocenters. The van der Waals surface area contributed by atoms with Gasteiger partial charge < -0.3 is 14.2 Å². The number of benzene rings is 3. The molecule has 10 heteroatoms. The first-order valence-electron chi connectivity index (χ1n) is 13.3. The van der Waals surface area contributed by atoms with Gasteiger partial charge in [-0.25, -0.2) is 29.7 Å². The number of carbonyl (C=O) groups is 4. The monoisotopic (exact) mass is 559 g/mol. The molecule has 3 aromatic rings. The summed E-state index contributed by atoms with van der Waals surface area (Å²) in [5, 5.41) is 0.800. The molecule has 0 aliphatic carbocycles. The fraction of sp³-hybridized carbons (Fsp3) is 0.290. The largest absolute Gasteiger partial charge is 0.447 e. The molecular weight excluding hydrogens is 526 g/mol. The molecule has 0 aromatic heterocycles. The van der Waals surface area contributed by atoms with Crippen LogP contribution in [0.15, 0.2) is 91.0 Å². The number of ether oxygens (including phenoxy) is 3. The Labute approximate surface area is 238 Å². The molecule has 10 nitrogen and oxygen atoms in total. The molecule has 4 rings (SSSR count). The lowest BCUT2D eigenvalue weighted by Gasteiger charge is -2.33. The molecule has 1 N–H and O–H groups in total. The van der Waals surface area contributed by atoms with E-state index >= 15 is 0 Å². The lowest BCUT2D eigenvalue weighted by molar-refractivity contribution is -0.136. The van der Waals surface area contributed by atoms with Crippen molar-refractivity contribution in [2.45, 2.75) is 45.6 Å². The average Bonchev–Trinajstić information content (AvgIpc) is 3.39. The highest BCUT2D eigenvalue weighted by Crippen LogP contribution is 2.23. The summed E-state index contributed by atoms with van der Waals surface area (Å²) in [6.45, 7) is 3.59. The van der Waals surface area contributed by atoms with Gasteiger partial charge in [0.2, 0.25) is 0 Å². The topological polar surface area (TPSA) is 114 Å². The van der Waals surface area contributed by atoms with Crippen molar-refractivity contribution in [2.75, 3.05) is 6.61 Å². The average molecular weight is 560 g/mol. The van der Waals surface area contributed by atoms with Gasteiger partial charge in [0.25, 0.3) is 5.91 Å². The molecule has 214 valence electrons. The number of nitrogens with one attached hydrogen (secondary N) is 1. The molecule has 1 saturated heterocycles. The minimum Gasteiger partial charge on any atom is -0.447 e. The van der Waals surface area contributed by atoms with Gasteiger partial charge in [0.15, 0.2) is 0 Å². The Balaban J connectivity index is 1.63. The SMILES string of the molecule is CC(C)[C@H]1COC(=O)N1C(=O)[C@@H](Cc1ccccc1)N(NC(=O)OCc1ccccc1)C(=O)OCc1ccccc1. The number of cyclic esters (lactones) is 1. The summed E-state index contributed by atoms with van der Waals surface area (Å²) in [6, 6.07) is 25.1. The van der Waals surface area contributed by atoms with Crippen molar-refractivity contribution in [2.24, 2.45) is 5.92 Å². The summed E-state index contributed by atoms with van der Waals surface area (Å²) in [4.78, 5) is 54.2. The van der Waals surface area contributed by atoms with Crippen LogP contribution in [0.5, 0.6) is 0 Å². The van der Waals surface area contributed by atoms with Gasteiger partial charge in [-0.2, -0.15) is 0 Å². The molecular formula is C31H33N3O7. The Morgan fingerprint density at radius 2 is 1.37 bits per heavy atom. The van der Waals surface area contributed by atoms with Crippen molar-refractivity contribution in [3.05, 3.63) is 108 Å². The van der Waals surface area contributed by atoms with E-state index in [9.17, 15) is 19.2 Å². The van der Waals surface area contributed by atoms with Crippen molar-refractivity contribution in [3.8, 4) is 0 Å².